The fourth-order valence-electron chi connectivity index (χ4n) is 1.51. The van der Waals surface area contributed by atoms with Gasteiger partial charge in [0, 0.05) is 25.4 Å². The molecule has 0 aromatic rings. The van der Waals surface area contributed by atoms with Crippen molar-refractivity contribution in [3.8, 4) is 0 Å². The molecule has 1 aliphatic carbocycles. The van der Waals surface area contributed by atoms with Crippen LogP contribution in [-0.2, 0) is 9.59 Å². The van der Waals surface area contributed by atoms with Gasteiger partial charge >= 0.3 is 0 Å². The number of hydrogen-bond donors (Lipinski definition) is 1. The van der Waals surface area contributed by atoms with Crippen LogP contribution < -0.4 is 5.73 Å². The average molecular weight is 198 g/mol. The third-order valence-corrected chi connectivity index (χ3v) is 2.36. The third-order valence-electron chi connectivity index (χ3n) is 2.36. The molecule has 2 amide bonds. The quantitative estimate of drug-likeness (QED) is 0.681. The first-order valence-electron chi connectivity index (χ1n) is 5.23. The first-order chi connectivity index (χ1) is 6.65. The summed E-state index contributed by atoms with van der Waals surface area (Å²) in [5.41, 5.74) is 5.00. The highest BCUT2D eigenvalue weighted by Gasteiger charge is 2.31. The lowest BCUT2D eigenvalue weighted by atomic mass is 10.2. The van der Waals surface area contributed by atoms with Crippen LogP contribution in [-0.4, -0.2) is 29.3 Å². The molecule has 0 spiro atoms. The first kappa shape index (κ1) is 11.0. The van der Waals surface area contributed by atoms with E-state index in [1.54, 1.807) is 0 Å². The van der Waals surface area contributed by atoms with Crippen molar-refractivity contribution >= 4 is 11.8 Å². The van der Waals surface area contributed by atoms with Gasteiger partial charge in [-0.25, -0.2) is 0 Å². The van der Waals surface area contributed by atoms with Gasteiger partial charge in [0.15, 0.2) is 0 Å². The molecule has 14 heavy (non-hydrogen) atoms. The van der Waals surface area contributed by atoms with Crippen molar-refractivity contribution in [1.82, 2.24) is 4.90 Å². The fourth-order valence-corrected chi connectivity index (χ4v) is 1.51. The molecule has 1 saturated carbocycles. The van der Waals surface area contributed by atoms with Gasteiger partial charge in [0.05, 0.1) is 0 Å². The van der Waals surface area contributed by atoms with E-state index in [2.05, 4.69) is 6.92 Å². The molecule has 0 saturated heterocycles. The van der Waals surface area contributed by atoms with Gasteiger partial charge in [0.1, 0.15) is 0 Å². The van der Waals surface area contributed by atoms with Crippen LogP contribution in [0.1, 0.15) is 39.0 Å². The van der Waals surface area contributed by atoms with E-state index in [0.29, 0.717) is 6.04 Å². The number of rotatable bonds is 6. The molecule has 0 unspecified atom stereocenters. The largest absolute Gasteiger partial charge is 0.370 e. The van der Waals surface area contributed by atoms with E-state index in [4.69, 9.17) is 5.73 Å². The Bertz CT molecular complexity index is 224. The topological polar surface area (TPSA) is 63.4 Å². The number of primary amides is 1. The summed E-state index contributed by atoms with van der Waals surface area (Å²) in [7, 11) is 0. The van der Waals surface area contributed by atoms with E-state index in [9.17, 15) is 9.59 Å². The van der Waals surface area contributed by atoms with Gasteiger partial charge in [-0.15, -0.1) is 0 Å². The summed E-state index contributed by atoms with van der Waals surface area (Å²) >= 11 is 0. The molecule has 4 heteroatoms. The predicted molar refractivity (Wildman–Crippen MR) is 53.5 cm³/mol. The fraction of sp³-hybridized carbons (Fsp3) is 0.800. The Balaban J connectivity index is 2.34. The summed E-state index contributed by atoms with van der Waals surface area (Å²) in [6.07, 6.45) is 3.64. The molecular formula is C10H18N2O2. The normalized spacial score (nSPS) is 15.2. The molecule has 80 valence electrons. The highest BCUT2D eigenvalue weighted by molar-refractivity contribution is 5.83. The first-order valence-corrected chi connectivity index (χ1v) is 5.23. The van der Waals surface area contributed by atoms with E-state index in [0.717, 1.165) is 25.8 Å². The van der Waals surface area contributed by atoms with Crippen LogP contribution in [0.5, 0.6) is 0 Å². The zero-order valence-electron chi connectivity index (χ0n) is 8.66. The molecule has 1 aliphatic rings. The van der Waals surface area contributed by atoms with E-state index in [1.165, 1.54) is 0 Å². The predicted octanol–water partition coefficient (Wildman–Crippen LogP) is 0.653. The zero-order chi connectivity index (χ0) is 10.6. The number of nitrogens with zero attached hydrogens (tertiary/aromatic N) is 1. The Morgan fingerprint density at radius 2 is 2.00 bits per heavy atom. The second kappa shape index (κ2) is 4.98. The van der Waals surface area contributed by atoms with Gasteiger partial charge in [-0.2, -0.15) is 0 Å². The highest BCUT2D eigenvalue weighted by Crippen LogP contribution is 2.27. The van der Waals surface area contributed by atoms with Gasteiger partial charge in [0.2, 0.25) is 11.8 Å². The lowest BCUT2D eigenvalue weighted by Crippen LogP contribution is -2.34. The number of carbonyl (C=O) groups excluding carboxylic acids is 2. The standard InChI is InChI=1S/C10H18N2O2/c1-2-7-12(8-3-4-8)10(14)6-5-9(11)13/h8H,2-7H2,1H3,(H2,11,13). The van der Waals surface area contributed by atoms with Crippen molar-refractivity contribution in [2.75, 3.05) is 6.54 Å². The molecular weight excluding hydrogens is 180 g/mol. The van der Waals surface area contributed by atoms with Gasteiger partial charge in [-0.3, -0.25) is 9.59 Å². The van der Waals surface area contributed by atoms with Gasteiger partial charge < -0.3 is 10.6 Å². The molecule has 0 heterocycles. The van der Waals surface area contributed by atoms with Crippen LogP contribution >= 0.6 is 0 Å². The van der Waals surface area contributed by atoms with Crippen molar-refractivity contribution in [3.63, 3.8) is 0 Å². The molecule has 0 aromatic heterocycles. The molecule has 0 radical (unpaired) electrons. The zero-order valence-corrected chi connectivity index (χ0v) is 8.66. The molecule has 4 nitrogen and oxygen atoms in total. The van der Waals surface area contributed by atoms with Crippen LogP contribution in [0, 0.1) is 0 Å². The number of nitrogens with two attached hydrogens (primary N) is 1. The molecule has 0 aliphatic heterocycles. The summed E-state index contributed by atoms with van der Waals surface area (Å²) in [5, 5.41) is 0. The summed E-state index contributed by atoms with van der Waals surface area (Å²) in [6, 6.07) is 0.440. The second-order valence-electron chi connectivity index (χ2n) is 3.78. The van der Waals surface area contributed by atoms with E-state index >= 15 is 0 Å². The maximum atomic E-state index is 11.6. The minimum Gasteiger partial charge on any atom is -0.370 e. The minimum atomic E-state index is -0.398. The average Bonchev–Trinajstić information content (AvgIpc) is 2.93. The third kappa shape index (κ3) is 3.36. The second-order valence-corrected chi connectivity index (χ2v) is 3.78. The molecule has 1 rings (SSSR count). The molecule has 0 atom stereocenters. The Kier molecular flexibility index (Phi) is 3.92. The van der Waals surface area contributed by atoms with E-state index in [-0.39, 0.29) is 18.7 Å². The van der Waals surface area contributed by atoms with Crippen molar-refractivity contribution in [1.29, 1.82) is 0 Å². The summed E-state index contributed by atoms with van der Waals surface area (Å²) in [5.74, 6) is -0.321. The van der Waals surface area contributed by atoms with Crippen LogP contribution in [0.15, 0.2) is 0 Å². The Labute approximate surface area is 84.4 Å². The van der Waals surface area contributed by atoms with Gasteiger partial charge in [-0.05, 0) is 19.3 Å². The smallest absolute Gasteiger partial charge is 0.223 e. The maximum absolute atomic E-state index is 11.6. The molecule has 0 aromatic carbocycles. The Morgan fingerprint density at radius 1 is 1.36 bits per heavy atom. The minimum absolute atomic E-state index is 0.0770. The summed E-state index contributed by atoms with van der Waals surface area (Å²) in [4.78, 5) is 24.1. The summed E-state index contributed by atoms with van der Waals surface area (Å²) in [6.45, 7) is 2.86. The lowest BCUT2D eigenvalue weighted by Gasteiger charge is -2.21. The van der Waals surface area contributed by atoms with Crippen LogP contribution in [0.25, 0.3) is 0 Å². The highest BCUT2D eigenvalue weighted by atomic mass is 16.2. The van der Waals surface area contributed by atoms with Crippen LogP contribution in [0.2, 0.25) is 0 Å². The Morgan fingerprint density at radius 3 is 2.43 bits per heavy atom. The molecule has 0 bridgehead atoms. The van der Waals surface area contributed by atoms with Gasteiger partial charge in [-0.1, -0.05) is 6.92 Å². The van der Waals surface area contributed by atoms with Crippen molar-refractivity contribution in [2.24, 2.45) is 5.73 Å². The maximum Gasteiger partial charge on any atom is 0.223 e. The van der Waals surface area contributed by atoms with Crippen molar-refractivity contribution in [2.45, 2.75) is 45.1 Å². The van der Waals surface area contributed by atoms with Crippen molar-refractivity contribution < 1.29 is 9.59 Å². The molecule has 2 N–H and O–H groups in total. The lowest BCUT2D eigenvalue weighted by molar-refractivity contribution is -0.133. The Hall–Kier alpha value is -1.06. The van der Waals surface area contributed by atoms with E-state index < -0.39 is 5.91 Å². The SMILES string of the molecule is CCCN(C(=O)CCC(N)=O)C1CC1. The van der Waals surface area contributed by atoms with E-state index in [1.807, 2.05) is 4.90 Å². The number of carbonyl (C=O) groups is 2. The van der Waals surface area contributed by atoms with Crippen molar-refractivity contribution in [3.05, 3.63) is 0 Å². The molecule has 1 fully saturated rings. The van der Waals surface area contributed by atoms with Crippen LogP contribution in [0.4, 0.5) is 0 Å². The number of amides is 2. The van der Waals surface area contributed by atoms with Crippen LogP contribution in [0.3, 0.4) is 0 Å². The summed E-state index contributed by atoms with van der Waals surface area (Å²) < 4.78 is 0. The number of hydrogen-bond acceptors (Lipinski definition) is 2. The van der Waals surface area contributed by atoms with Gasteiger partial charge in [0.25, 0.3) is 0 Å². The monoisotopic (exact) mass is 198 g/mol.